The Labute approximate surface area is 113 Å². The minimum Gasteiger partial charge on any atom is -0.330 e. The summed E-state index contributed by atoms with van der Waals surface area (Å²) in [7, 11) is -2.79. The molecule has 102 valence electrons. The minimum absolute atomic E-state index is 0.257. The van der Waals surface area contributed by atoms with Gasteiger partial charge in [0.1, 0.15) is 0 Å². The number of aryl methyl sites for hydroxylation is 1. The molecule has 2 atom stereocenters. The average molecular weight is 287 g/mol. The van der Waals surface area contributed by atoms with Gasteiger partial charge in [0.2, 0.25) is 0 Å². The molecule has 0 saturated carbocycles. The Morgan fingerprint density at radius 3 is 2.67 bits per heavy atom. The van der Waals surface area contributed by atoms with Gasteiger partial charge in [0.15, 0.2) is 9.84 Å². The maximum absolute atomic E-state index is 11.5. The van der Waals surface area contributed by atoms with Crippen LogP contribution in [0.3, 0.4) is 0 Å². The van der Waals surface area contributed by atoms with Crippen molar-refractivity contribution in [3.63, 3.8) is 0 Å². The number of hydrogen-bond donors (Lipinski definition) is 1. The molecule has 1 aromatic rings. The predicted molar refractivity (Wildman–Crippen MR) is 76.7 cm³/mol. The lowest BCUT2D eigenvalue weighted by Gasteiger charge is -2.19. The van der Waals surface area contributed by atoms with Gasteiger partial charge in [0.05, 0.1) is 11.5 Å². The highest BCUT2D eigenvalue weighted by atomic mass is 32.2. The highest BCUT2D eigenvalue weighted by Gasteiger charge is 2.33. The number of nitrogens with two attached hydrogens (primary N) is 1. The quantitative estimate of drug-likeness (QED) is 0.899. The van der Waals surface area contributed by atoms with Crippen molar-refractivity contribution in [2.24, 2.45) is 17.6 Å². The zero-order valence-corrected chi connectivity index (χ0v) is 12.4. The Morgan fingerprint density at radius 1 is 1.44 bits per heavy atom. The third kappa shape index (κ3) is 3.33. The van der Waals surface area contributed by atoms with E-state index in [0.29, 0.717) is 24.0 Å². The van der Waals surface area contributed by atoms with Gasteiger partial charge >= 0.3 is 0 Å². The Morgan fingerprint density at radius 2 is 2.17 bits per heavy atom. The lowest BCUT2D eigenvalue weighted by Crippen LogP contribution is -2.26. The zero-order chi connectivity index (χ0) is 13.2. The molecule has 2 rings (SSSR count). The molecule has 18 heavy (non-hydrogen) atoms. The molecule has 5 heteroatoms. The maximum atomic E-state index is 11.5. The molecule has 0 amide bonds. The Hall–Kier alpha value is -0.390. The van der Waals surface area contributed by atoms with Crippen LogP contribution in [0.1, 0.15) is 23.1 Å². The van der Waals surface area contributed by atoms with Gasteiger partial charge in [-0.15, -0.1) is 11.3 Å². The van der Waals surface area contributed by atoms with E-state index in [1.165, 1.54) is 9.75 Å². The molecule has 2 N–H and O–H groups in total. The summed E-state index contributed by atoms with van der Waals surface area (Å²) in [5.41, 5.74) is 5.84. The summed E-state index contributed by atoms with van der Waals surface area (Å²) in [5, 5.41) is 0. The Balaban J connectivity index is 2.01. The van der Waals surface area contributed by atoms with Crippen molar-refractivity contribution in [2.45, 2.75) is 26.2 Å². The minimum atomic E-state index is -2.79. The second kappa shape index (κ2) is 5.72. The van der Waals surface area contributed by atoms with Crippen LogP contribution in [0.25, 0.3) is 0 Å². The van der Waals surface area contributed by atoms with Crippen LogP contribution in [0.4, 0.5) is 0 Å². The van der Waals surface area contributed by atoms with Crippen LogP contribution in [0, 0.1) is 11.8 Å². The second-order valence-electron chi connectivity index (χ2n) is 5.08. The first-order valence-electron chi connectivity index (χ1n) is 6.52. The smallest absolute Gasteiger partial charge is 0.150 e. The molecule has 1 aliphatic heterocycles. The van der Waals surface area contributed by atoms with Crippen LogP contribution >= 0.6 is 11.3 Å². The van der Waals surface area contributed by atoms with E-state index in [1.54, 1.807) is 0 Å². The lowest BCUT2D eigenvalue weighted by atomic mass is 9.88. The number of sulfone groups is 1. The van der Waals surface area contributed by atoms with Gasteiger partial charge in [-0.2, -0.15) is 0 Å². The van der Waals surface area contributed by atoms with Crippen molar-refractivity contribution in [1.82, 2.24) is 0 Å². The SMILES string of the molecule is CCc1ccc(CC(CN)C2CCS(=O)(=O)C2)s1. The molecule has 1 aliphatic rings. The molecule has 0 spiro atoms. The van der Waals surface area contributed by atoms with Crippen molar-refractivity contribution in [3.8, 4) is 0 Å². The van der Waals surface area contributed by atoms with Crippen LogP contribution in [-0.2, 0) is 22.7 Å². The van der Waals surface area contributed by atoms with Crippen molar-refractivity contribution < 1.29 is 8.42 Å². The lowest BCUT2D eigenvalue weighted by molar-refractivity contribution is 0.372. The topological polar surface area (TPSA) is 60.2 Å². The van der Waals surface area contributed by atoms with Gasteiger partial charge in [-0.1, -0.05) is 6.92 Å². The third-order valence-corrected chi connectivity index (χ3v) is 6.81. The first-order valence-corrected chi connectivity index (χ1v) is 9.16. The van der Waals surface area contributed by atoms with Crippen LogP contribution in [0.2, 0.25) is 0 Å². The summed E-state index contributed by atoms with van der Waals surface area (Å²) in [4.78, 5) is 2.73. The van der Waals surface area contributed by atoms with Crippen LogP contribution in [0.5, 0.6) is 0 Å². The highest BCUT2D eigenvalue weighted by Crippen LogP contribution is 2.30. The molecular weight excluding hydrogens is 266 g/mol. The summed E-state index contributed by atoms with van der Waals surface area (Å²) in [5.74, 6) is 1.25. The summed E-state index contributed by atoms with van der Waals surface area (Å²) in [6.45, 7) is 2.74. The standard InChI is InChI=1S/C13H21NO2S2/c1-2-12-3-4-13(17-12)7-11(8-14)10-5-6-18(15,16)9-10/h3-4,10-11H,2,5-9,14H2,1H3. The van der Waals surface area contributed by atoms with E-state index in [-0.39, 0.29) is 5.92 Å². The third-order valence-electron chi connectivity index (χ3n) is 3.77. The van der Waals surface area contributed by atoms with Crippen LogP contribution < -0.4 is 5.73 Å². The molecule has 1 fully saturated rings. The van der Waals surface area contributed by atoms with E-state index in [4.69, 9.17) is 5.73 Å². The van der Waals surface area contributed by atoms with E-state index < -0.39 is 9.84 Å². The molecular formula is C13H21NO2S2. The van der Waals surface area contributed by atoms with Gasteiger partial charge in [0, 0.05) is 9.75 Å². The Kier molecular flexibility index (Phi) is 4.45. The van der Waals surface area contributed by atoms with Crippen molar-refractivity contribution in [1.29, 1.82) is 0 Å². The molecule has 0 aromatic carbocycles. The first-order chi connectivity index (χ1) is 8.54. The summed E-state index contributed by atoms with van der Waals surface area (Å²) in [6.07, 6.45) is 2.79. The van der Waals surface area contributed by atoms with E-state index in [9.17, 15) is 8.42 Å². The van der Waals surface area contributed by atoms with Gasteiger partial charge in [-0.3, -0.25) is 0 Å². The number of rotatable bonds is 5. The van der Waals surface area contributed by atoms with Crippen molar-refractivity contribution in [3.05, 3.63) is 21.9 Å². The highest BCUT2D eigenvalue weighted by molar-refractivity contribution is 7.91. The van der Waals surface area contributed by atoms with Crippen molar-refractivity contribution >= 4 is 21.2 Å². The van der Waals surface area contributed by atoms with E-state index in [2.05, 4.69) is 19.1 Å². The fourth-order valence-electron chi connectivity index (χ4n) is 2.62. The second-order valence-corrected chi connectivity index (χ2v) is 8.57. The predicted octanol–water partition coefficient (Wildman–Crippen LogP) is 1.86. The molecule has 2 unspecified atom stereocenters. The molecule has 0 bridgehead atoms. The van der Waals surface area contributed by atoms with Crippen LogP contribution in [-0.4, -0.2) is 26.5 Å². The molecule has 0 aliphatic carbocycles. The first kappa shape index (κ1) is 14.0. The van der Waals surface area contributed by atoms with Gasteiger partial charge in [0.25, 0.3) is 0 Å². The zero-order valence-electron chi connectivity index (χ0n) is 10.8. The Bertz CT molecular complexity index is 493. The fraction of sp³-hybridized carbons (Fsp3) is 0.692. The molecule has 2 heterocycles. The molecule has 0 radical (unpaired) electrons. The van der Waals surface area contributed by atoms with Gasteiger partial charge in [-0.05, 0) is 49.8 Å². The van der Waals surface area contributed by atoms with E-state index >= 15 is 0 Å². The molecule has 1 saturated heterocycles. The largest absolute Gasteiger partial charge is 0.330 e. The summed E-state index contributed by atoms with van der Waals surface area (Å²) >= 11 is 1.83. The van der Waals surface area contributed by atoms with Crippen molar-refractivity contribution in [2.75, 3.05) is 18.1 Å². The van der Waals surface area contributed by atoms with Gasteiger partial charge < -0.3 is 5.73 Å². The maximum Gasteiger partial charge on any atom is 0.150 e. The molecule has 1 aromatic heterocycles. The van der Waals surface area contributed by atoms with Crippen LogP contribution in [0.15, 0.2) is 12.1 Å². The normalized spacial score (nSPS) is 24.2. The summed E-state index contributed by atoms with van der Waals surface area (Å²) in [6, 6.07) is 4.33. The molecule has 3 nitrogen and oxygen atoms in total. The van der Waals surface area contributed by atoms with E-state index in [1.807, 2.05) is 11.3 Å². The number of thiophene rings is 1. The van der Waals surface area contributed by atoms with E-state index in [0.717, 1.165) is 19.3 Å². The fourth-order valence-corrected chi connectivity index (χ4v) is 5.59. The van der Waals surface area contributed by atoms with Gasteiger partial charge in [-0.25, -0.2) is 8.42 Å². The summed E-state index contributed by atoms with van der Waals surface area (Å²) < 4.78 is 23.1. The number of hydrogen-bond acceptors (Lipinski definition) is 4. The monoisotopic (exact) mass is 287 g/mol. The average Bonchev–Trinajstić information content (AvgIpc) is 2.92.